The predicted molar refractivity (Wildman–Crippen MR) is 111 cm³/mol. The average molecular weight is 405 g/mol. The fourth-order valence-corrected chi connectivity index (χ4v) is 4.88. The van der Waals surface area contributed by atoms with E-state index in [1.807, 2.05) is 24.3 Å². The highest BCUT2D eigenvalue weighted by molar-refractivity contribution is 7.18. The molecule has 8 heteroatoms. The van der Waals surface area contributed by atoms with Gasteiger partial charge in [0.2, 0.25) is 0 Å². The lowest BCUT2D eigenvalue weighted by atomic mass is 9.94. The van der Waals surface area contributed by atoms with Crippen molar-refractivity contribution in [3.05, 3.63) is 65.6 Å². The second kappa shape index (κ2) is 6.97. The van der Waals surface area contributed by atoms with E-state index in [4.69, 9.17) is 0 Å². The number of nitrogens with one attached hydrogen (secondary N) is 2. The number of carbonyl (C=O) groups is 2. The highest BCUT2D eigenvalue weighted by Crippen LogP contribution is 2.40. The van der Waals surface area contributed by atoms with E-state index in [1.165, 1.54) is 11.3 Å². The van der Waals surface area contributed by atoms with Gasteiger partial charge in [-0.15, -0.1) is 11.3 Å². The lowest BCUT2D eigenvalue weighted by Gasteiger charge is -2.45. The summed E-state index contributed by atoms with van der Waals surface area (Å²) in [6, 6.07) is 11.2. The minimum atomic E-state index is -0.526. The second-order valence-corrected chi connectivity index (χ2v) is 8.31. The fraction of sp³-hybridized carbons (Fsp3) is 0.238. The molecule has 5 heterocycles. The van der Waals surface area contributed by atoms with Crippen molar-refractivity contribution in [1.29, 1.82) is 0 Å². The quantitative estimate of drug-likeness (QED) is 0.684. The summed E-state index contributed by atoms with van der Waals surface area (Å²) >= 11 is 1.47. The molecule has 2 N–H and O–H groups in total. The van der Waals surface area contributed by atoms with Crippen molar-refractivity contribution in [2.45, 2.75) is 18.5 Å². The number of nitrogens with zero attached hydrogens (tertiary/aromatic N) is 3. The first kappa shape index (κ1) is 17.8. The number of thiophene rings is 1. The van der Waals surface area contributed by atoms with E-state index in [-0.39, 0.29) is 11.8 Å². The van der Waals surface area contributed by atoms with Crippen LogP contribution in [-0.2, 0) is 0 Å². The number of likely N-dealkylation sites (tertiary alicyclic amines) is 1. The molecule has 0 unspecified atom stereocenters. The van der Waals surface area contributed by atoms with Crippen LogP contribution in [0.4, 0.5) is 5.69 Å². The third-order valence-corrected chi connectivity index (χ3v) is 6.60. The molecule has 2 aliphatic rings. The highest BCUT2D eigenvalue weighted by Gasteiger charge is 2.42. The summed E-state index contributed by atoms with van der Waals surface area (Å²) in [7, 11) is 0. The smallest absolute Gasteiger partial charge is 0.272 e. The van der Waals surface area contributed by atoms with Gasteiger partial charge in [0.15, 0.2) is 0 Å². The van der Waals surface area contributed by atoms with Gasteiger partial charge < -0.3 is 15.5 Å². The number of rotatable bonds is 2. The lowest BCUT2D eigenvalue weighted by molar-refractivity contribution is 0.0635. The second-order valence-electron chi connectivity index (χ2n) is 7.26. The third kappa shape index (κ3) is 3.25. The molecule has 0 bridgehead atoms. The Morgan fingerprint density at radius 1 is 1.07 bits per heavy atom. The molecule has 2 aliphatic heterocycles. The SMILES string of the molecule is O=C1NC2(CCN(C(=O)c3ccccn3)CC2)Nc2cc(-c3ccncc3)sc21. The first-order chi connectivity index (χ1) is 14.1. The number of aromatic nitrogens is 2. The van der Waals surface area contributed by atoms with E-state index in [9.17, 15) is 9.59 Å². The Morgan fingerprint density at radius 2 is 1.86 bits per heavy atom. The maximum Gasteiger partial charge on any atom is 0.272 e. The minimum Gasteiger partial charge on any atom is -0.361 e. The van der Waals surface area contributed by atoms with Crippen LogP contribution in [0.25, 0.3) is 10.4 Å². The van der Waals surface area contributed by atoms with E-state index < -0.39 is 5.66 Å². The maximum absolute atomic E-state index is 12.8. The molecule has 0 aromatic carbocycles. The zero-order valence-corrected chi connectivity index (χ0v) is 16.4. The van der Waals surface area contributed by atoms with Gasteiger partial charge in [-0.25, -0.2) is 0 Å². The number of hydrogen-bond donors (Lipinski definition) is 2. The molecular formula is C21H19N5O2S. The number of hydrogen-bond acceptors (Lipinski definition) is 6. The van der Waals surface area contributed by atoms with Crippen LogP contribution in [0, 0.1) is 0 Å². The number of pyridine rings is 2. The van der Waals surface area contributed by atoms with Gasteiger partial charge in [-0.1, -0.05) is 6.07 Å². The molecule has 3 aromatic rings. The summed E-state index contributed by atoms with van der Waals surface area (Å²) in [4.78, 5) is 37.2. The highest BCUT2D eigenvalue weighted by atomic mass is 32.1. The maximum atomic E-state index is 12.8. The molecule has 146 valence electrons. The van der Waals surface area contributed by atoms with E-state index in [1.54, 1.807) is 35.6 Å². The van der Waals surface area contributed by atoms with Gasteiger partial charge in [0, 0.05) is 49.4 Å². The Labute approximate surface area is 171 Å². The Hall–Kier alpha value is -3.26. The zero-order valence-electron chi connectivity index (χ0n) is 15.6. The van der Waals surface area contributed by atoms with E-state index in [2.05, 4.69) is 20.6 Å². The molecule has 1 spiro atoms. The minimum absolute atomic E-state index is 0.0615. The van der Waals surface area contributed by atoms with E-state index >= 15 is 0 Å². The van der Waals surface area contributed by atoms with Gasteiger partial charge in [-0.2, -0.15) is 0 Å². The summed E-state index contributed by atoms with van der Waals surface area (Å²) in [5, 5.41) is 6.69. The molecule has 1 saturated heterocycles. The molecule has 5 rings (SSSR count). The van der Waals surface area contributed by atoms with Crippen molar-refractivity contribution >= 4 is 28.8 Å². The summed E-state index contributed by atoms with van der Waals surface area (Å²) < 4.78 is 0. The molecule has 0 radical (unpaired) electrons. The topological polar surface area (TPSA) is 87.2 Å². The van der Waals surface area contributed by atoms with Crippen LogP contribution in [0.2, 0.25) is 0 Å². The fourth-order valence-electron chi connectivity index (χ4n) is 3.87. The average Bonchev–Trinajstić information content (AvgIpc) is 3.19. The number of carbonyl (C=O) groups excluding carboxylic acids is 2. The van der Waals surface area contributed by atoms with Gasteiger partial charge in [-0.05, 0) is 35.9 Å². The Bertz CT molecular complexity index is 1060. The van der Waals surface area contributed by atoms with Crippen LogP contribution in [0.1, 0.15) is 33.0 Å². The zero-order chi connectivity index (χ0) is 19.8. The third-order valence-electron chi connectivity index (χ3n) is 5.42. The first-order valence-electron chi connectivity index (χ1n) is 9.49. The normalized spacial score (nSPS) is 17.4. The summed E-state index contributed by atoms with van der Waals surface area (Å²) in [5.41, 5.74) is 1.82. The summed E-state index contributed by atoms with van der Waals surface area (Å²) in [5.74, 6) is -0.132. The van der Waals surface area contributed by atoms with Crippen molar-refractivity contribution < 1.29 is 9.59 Å². The van der Waals surface area contributed by atoms with Crippen LogP contribution in [-0.4, -0.2) is 45.4 Å². The largest absolute Gasteiger partial charge is 0.361 e. The summed E-state index contributed by atoms with van der Waals surface area (Å²) in [6.07, 6.45) is 6.39. The molecular weight excluding hydrogens is 386 g/mol. The van der Waals surface area contributed by atoms with Gasteiger partial charge in [0.05, 0.1) is 5.69 Å². The van der Waals surface area contributed by atoms with Crippen LogP contribution >= 0.6 is 11.3 Å². The van der Waals surface area contributed by atoms with E-state index in [0.29, 0.717) is 36.5 Å². The first-order valence-corrected chi connectivity index (χ1v) is 10.3. The molecule has 2 amide bonds. The number of fused-ring (bicyclic) bond motifs is 1. The molecule has 0 atom stereocenters. The number of piperidine rings is 1. The van der Waals surface area contributed by atoms with Crippen molar-refractivity contribution in [3.63, 3.8) is 0 Å². The molecule has 29 heavy (non-hydrogen) atoms. The number of amides is 2. The van der Waals surface area contributed by atoms with Crippen LogP contribution in [0.3, 0.4) is 0 Å². The predicted octanol–water partition coefficient (Wildman–Crippen LogP) is 2.99. The molecule has 3 aromatic heterocycles. The summed E-state index contributed by atoms with van der Waals surface area (Å²) in [6.45, 7) is 1.11. The van der Waals surface area contributed by atoms with Gasteiger partial charge in [-0.3, -0.25) is 19.6 Å². The Morgan fingerprint density at radius 3 is 2.59 bits per heavy atom. The van der Waals surface area contributed by atoms with Crippen molar-refractivity contribution in [2.24, 2.45) is 0 Å². The standard InChI is InChI=1S/C21H19N5O2S/c27-19-18-16(13-17(29-18)14-4-9-22-10-5-14)24-21(25-19)6-11-26(12-7-21)20(28)15-3-1-2-8-23-15/h1-5,8-10,13,24H,6-7,11-12H2,(H,25,27). The van der Waals surface area contributed by atoms with Crippen LogP contribution in [0.15, 0.2) is 55.0 Å². The van der Waals surface area contributed by atoms with Gasteiger partial charge in [0.1, 0.15) is 16.2 Å². The van der Waals surface area contributed by atoms with Crippen molar-refractivity contribution in [2.75, 3.05) is 18.4 Å². The molecule has 1 fully saturated rings. The van der Waals surface area contributed by atoms with E-state index in [0.717, 1.165) is 16.1 Å². The molecule has 0 aliphatic carbocycles. The van der Waals surface area contributed by atoms with Gasteiger partial charge >= 0.3 is 0 Å². The lowest BCUT2D eigenvalue weighted by Crippen LogP contribution is -2.62. The molecule has 7 nitrogen and oxygen atoms in total. The van der Waals surface area contributed by atoms with Gasteiger partial charge in [0.25, 0.3) is 11.8 Å². The Kier molecular flexibility index (Phi) is 4.28. The monoisotopic (exact) mass is 405 g/mol. The van der Waals surface area contributed by atoms with Crippen LogP contribution < -0.4 is 10.6 Å². The van der Waals surface area contributed by atoms with Crippen molar-refractivity contribution in [1.82, 2.24) is 20.2 Å². The molecule has 0 saturated carbocycles. The van der Waals surface area contributed by atoms with Crippen LogP contribution in [0.5, 0.6) is 0 Å². The number of anilines is 1. The van der Waals surface area contributed by atoms with Crippen molar-refractivity contribution in [3.8, 4) is 10.4 Å². The Balaban J connectivity index is 1.33.